The number of nitrogens with two attached hydrogens (primary N) is 2. The predicted molar refractivity (Wildman–Crippen MR) is 101 cm³/mol. The first kappa shape index (κ1) is 16.7. The van der Waals surface area contributed by atoms with Crippen molar-refractivity contribution in [2.24, 2.45) is 10.9 Å². The minimum atomic E-state index is 0.269. The first-order valence-electron chi connectivity index (χ1n) is 8.23. The fourth-order valence-corrected chi connectivity index (χ4v) is 2.69. The number of aromatic amines is 1. The van der Waals surface area contributed by atoms with Crippen LogP contribution in [0.4, 0.5) is 11.8 Å². The van der Waals surface area contributed by atoms with Crippen molar-refractivity contribution in [2.45, 2.75) is 33.1 Å². The highest BCUT2D eigenvalue weighted by atomic mass is 15.2. The molecule has 6 N–H and O–H groups in total. The molecule has 130 valence electrons. The zero-order valence-corrected chi connectivity index (χ0v) is 14.4. The maximum Gasteiger partial charge on any atom is 0.220 e. The molecule has 0 spiro atoms. The third-order valence-corrected chi connectivity index (χ3v) is 3.98. The van der Waals surface area contributed by atoms with Crippen LogP contribution in [0.2, 0.25) is 0 Å². The largest absolute Gasteiger partial charge is 0.368 e. The van der Waals surface area contributed by atoms with Gasteiger partial charge in [0.25, 0.3) is 0 Å². The van der Waals surface area contributed by atoms with Gasteiger partial charge in [0.05, 0.1) is 5.69 Å². The minimum absolute atomic E-state index is 0.269. The zero-order chi connectivity index (χ0) is 17.8. The maximum absolute atomic E-state index is 5.82. The van der Waals surface area contributed by atoms with Gasteiger partial charge in [0.2, 0.25) is 5.95 Å². The Labute approximate surface area is 145 Å². The summed E-state index contributed by atoms with van der Waals surface area (Å²) < 4.78 is 0. The molecule has 0 aliphatic carbocycles. The molecule has 0 bridgehead atoms. The Balaban J connectivity index is 2.03. The fraction of sp³-hybridized carbons (Fsp3) is 0.294. The fourth-order valence-electron chi connectivity index (χ4n) is 2.69. The number of pyridine rings is 1. The molecule has 25 heavy (non-hydrogen) atoms. The average Bonchev–Trinajstić information content (AvgIpc) is 3.03. The van der Waals surface area contributed by atoms with E-state index in [9.17, 15) is 0 Å². The molecule has 0 unspecified atom stereocenters. The number of nitrogens with one attached hydrogen (secondary N) is 2. The van der Waals surface area contributed by atoms with Crippen LogP contribution in [0, 0.1) is 0 Å². The van der Waals surface area contributed by atoms with Crippen molar-refractivity contribution in [1.82, 2.24) is 19.9 Å². The van der Waals surface area contributed by atoms with Crippen LogP contribution in [0.25, 0.3) is 22.3 Å². The lowest BCUT2D eigenvalue weighted by Gasteiger charge is -2.08. The molecule has 3 aromatic heterocycles. The molecule has 0 amide bonds. The van der Waals surface area contributed by atoms with Gasteiger partial charge in [-0.3, -0.25) is 0 Å². The van der Waals surface area contributed by atoms with Crippen molar-refractivity contribution in [3.05, 3.63) is 30.1 Å². The van der Waals surface area contributed by atoms with Crippen LogP contribution < -0.4 is 16.9 Å². The van der Waals surface area contributed by atoms with E-state index >= 15 is 0 Å². The summed E-state index contributed by atoms with van der Waals surface area (Å²) in [7, 11) is 0. The summed E-state index contributed by atoms with van der Waals surface area (Å²) in [6.07, 6.45) is 6.82. The molecule has 0 aromatic carbocycles. The number of anilines is 2. The Morgan fingerprint density at radius 3 is 2.92 bits per heavy atom. The van der Waals surface area contributed by atoms with Crippen LogP contribution in [0.1, 0.15) is 32.3 Å². The second kappa shape index (κ2) is 7.16. The van der Waals surface area contributed by atoms with Crippen LogP contribution in [-0.2, 0) is 6.42 Å². The first-order chi connectivity index (χ1) is 12.1. The molecule has 3 rings (SSSR count). The number of fused-ring (bicyclic) bond motifs is 1. The van der Waals surface area contributed by atoms with Gasteiger partial charge in [-0.2, -0.15) is 5.10 Å². The molecular formula is C17H22N8. The number of nitrogen functional groups attached to an aromatic ring is 1. The van der Waals surface area contributed by atoms with Crippen LogP contribution in [0.3, 0.4) is 0 Å². The Kier molecular flexibility index (Phi) is 4.78. The summed E-state index contributed by atoms with van der Waals surface area (Å²) >= 11 is 0. The molecule has 0 saturated carbocycles. The lowest BCUT2D eigenvalue weighted by Crippen LogP contribution is -2.10. The Morgan fingerprint density at radius 1 is 1.32 bits per heavy atom. The quantitative estimate of drug-likeness (QED) is 0.245. The van der Waals surface area contributed by atoms with Crippen LogP contribution >= 0.6 is 0 Å². The Morgan fingerprint density at radius 2 is 2.16 bits per heavy atom. The van der Waals surface area contributed by atoms with E-state index in [0.29, 0.717) is 11.7 Å². The second-order valence-corrected chi connectivity index (χ2v) is 5.84. The lowest BCUT2D eigenvalue weighted by molar-refractivity contribution is 0.790. The standard InChI is InChI=1S/C17H22N8/c1-3-4-5-11-8-21-17(18)24-15(11)13-9-20-16-12(13)6-7-14(23-16)22-10(2)25-19/h6-9H,3-5,19H2,1-2H3,(H2,18,21,24)(H2,20,22,23,25). The van der Waals surface area contributed by atoms with Crippen molar-refractivity contribution in [3.8, 4) is 11.3 Å². The molecular weight excluding hydrogens is 316 g/mol. The normalized spacial score (nSPS) is 11.8. The van der Waals surface area contributed by atoms with Crippen molar-refractivity contribution >= 4 is 28.6 Å². The molecule has 0 atom stereocenters. The van der Waals surface area contributed by atoms with Gasteiger partial charge in [0, 0.05) is 23.3 Å². The molecule has 3 aromatic rings. The highest BCUT2D eigenvalue weighted by molar-refractivity contribution is 5.97. The number of hydrazone groups is 1. The number of aryl methyl sites for hydroxylation is 1. The van der Waals surface area contributed by atoms with E-state index in [2.05, 4.69) is 37.3 Å². The van der Waals surface area contributed by atoms with Crippen LogP contribution in [0.5, 0.6) is 0 Å². The van der Waals surface area contributed by atoms with Crippen molar-refractivity contribution in [1.29, 1.82) is 0 Å². The molecule has 0 fully saturated rings. The van der Waals surface area contributed by atoms with Gasteiger partial charge < -0.3 is 21.9 Å². The highest BCUT2D eigenvalue weighted by Gasteiger charge is 2.14. The SMILES string of the molecule is CCCCc1cnc(N)nc1-c1c[nH]c2nc(N/C(C)=N\N)ccc12. The van der Waals surface area contributed by atoms with E-state index in [1.807, 2.05) is 24.5 Å². The van der Waals surface area contributed by atoms with Gasteiger partial charge in [-0.25, -0.2) is 15.0 Å². The second-order valence-electron chi connectivity index (χ2n) is 5.84. The number of amidine groups is 1. The van der Waals surface area contributed by atoms with E-state index in [0.717, 1.165) is 47.1 Å². The van der Waals surface area contributed by atoms with Gasteiger partial charge in [-0.05, 0) is 37.5 Å². The van der Waals surface area contributed by atoms with Crippen molar-refractivity contribution < 1.29 is 0 Å². The molecule has 8 heteroatoms. The summed E-state index contributed by atoms with van der Waals surface area (Å²) in [5.74, 6) is 6.77. The summed E-state index contributed by atoms with van der Waals surface area (Å²) in [6, 6.07) is 3.87. The molecule has 0 aliphatic heterocycles. The monoisotopic (exact) mass is 338 g/mol. The van der Waals surface area contributed by atoms with Gasteiger partial charge in [-0.15, -0.1) is 0 Å². The van der Waals surface area contributed by atoms with E-state index < -0.39 is 0 Å². The van der Waals surface area contributed by atoms with Crippen molar-refractivity contribution in [3.63, 3.8) is 0 Å². The summed E-state index contributed by atoms with van der Waals surface area (Å²) in [5.41, 5.74) is 9.49. The van der Waals surface area contributed by atoms with Crippen LogP contribution in [0.15, 0.2) is 29.6 Å². The first-order valence-corrected chi connectivity index (χ1v) is 8.23. The Hall–Kier alpha value is -3.16. The van der Waals surface area contributed by atoms with Crippen molar-refractivity contribution in [2.75, 3.05) is 11.1 Å². The van der Waals surface area contributed by atoms with Gasteiger partial charge in [0.1, 0.15) is 17.3 Å². The van der Waals surface area contributed by atoms with E-state index in [1.165, 1.54) is 0 Å². The minimum Gasteiger partial charge on any atom is -0.368 e. The topological polar surface area (TPSA) is 131 Å². The smallest absolute Gasteiger partial charge is 0.220 e. The van der Waals surface area contributed by atoms with E-state index in [1.54, 1.807) is 6.92 Å². The molecule has 0 aliphatic rings. The number of nitrogens with zero attached hydrogens (tertiary/aromatic N) is 4. The number of aromatic nitrogens is 4. The van der Waals surface area contributed by atoms with Gasteiger partial charge >= 0.3 is 0 Å². The number of hydrogen-bond donors (Lipinski definition) is 4. The number of hydrogen-bond acceptors (Lipinski definition) is 6. The Bertz CT molecular complexity index is 912. The average molecular weight is 338 g/mol. The van der Waals surface area contributed by atoms with E-state index in [4.69, 9.17) is 11.6 Å². The molecule has 3 heterocycles. The maximum atomic E-state index is 5.82. The third-order valence-electron chi connectivity index (χ3n) is 3.98. The molecule has 8 nitrogen and oxygen atoms in total. The zero-order valence-electron chi connectivity index (χ0n) is 14.4. The predicted octanol–water partition coefficient (Wildman–Crippen LogP) is 2.65. The summed E-state index contributed by atoms with van der Waals surface area (Å²) in [5, 5.41) is 7.60. The summed E-state index contributed by atoms with van der Waals surface area (Å²) in [4.78, 5) is 16.4. The number of unbranched alkanes of at least 4 members (excludes halogenated alkanes) is 1. The van der Waals surface area contributed by atoms with E-state index in [-0.39, 0.29) is 5.95 Å². The number of rotatable bonds is 5. The van der Waals surface area contributed by atoms with Gasteiger partial charge in [0.15, 0.2) is 0 Å². The summed E-state index contributed by atoms with van der Waals surface area (Å²) in [6.45, 7) is 3.93. The van der Waals surface area contributed by atoms with Crippen LogP contribution in [-0.4, -0.2) is 25.8 Å². The van der Waals surface area contributed by atoms with Gasteiger partial charge in [-0.1, -0.05) is 13.3 Å². The third kappa shape index (κ3) is 3.52. The highest BCUT2D eigenvalue weighted by Crippen LogP contribution is 2.30. The lowest BCUT2D eigenvalue weighted by atomic mass is 10.0. The molecule has 0 radical (unpaired) electrons. The number of H-pyrrole nitrogens is 1. The molecule has 0 saturated heterocycles.